The lowest BCUT2D eigenvalue weighted by molar-refractivity contribution is -0.160. The lowest BCUT2D eigenvalue weighted by Crippen LogP contribution is -2.21. The monoisotopic (exact) mass is 361 g/mol. The average molecular weight is 363 g/mol. The van der Waals surface area contributed by atoms with E-state index in [-0.39, 0.29) is 5.97 Å². The van der Waals surface area contributed by atoms with Crippen molar-refractivity contribution in [2.75, 3.05) is 0 Å². The van der Waals surface area contributed by atoms with E-state index in [9.17, 15) is 4.79 Å². The van der Waals surface area contributed by atoms with Crippen LogP contribution < -0.4 is 4.74 Å². The molecule has 0 amide bonds. The van der Waals surface area contributed by atoms with Crippen molar-refractivity contribution in [2.45, 2.75) is 26.1 Å². The Morgan fingerprint density at radius 3 is 3.26 bits per heavy atom. The largest absolute Gasteiger partial charge is 0.454 e. The van der Waals surface area contributed by atoms with Crippen LogP contribution in [-0.4, -0.2) is 17.2 Å². The number of benzene rings is 1. The Hall–Kier alpha value is -0.850. The summed E-state index contributed by atoms with van der Waals surface area (Å²) in [5.74, 6) is 0.396. The molecule has 1 aromatic carbocycles. The second-order valence-electron chi connectivity index (χ2n) is 4.07. The normalized spacial score (nSPS) is 17.3. The van der Waals surface area contributed by atoms with Crippen LogP contribution in [0.3, 0.4) is 0 Å². The summed E-state index contributed by atoms with van der Waals surface area (Å²) in [4.78, 5) is 15.6. The molecule has 7 heteroatoms. The number of carbonyl (C=O) groups excluding carboxylic acids is 1. The van der Waals surface area contributed by atoms with Crippen molar-refractivity contribution in [2.24, 2.45) is 0 Å². The highest BCUT2D eigenvalue weighted by Crippen LogP contribution is 2.42. The molecule has 0 aliphatic carbocycles. The number of halogens is 2. The van der Waals surface area contributed by atoms with Crippen molar-refractivity contribution in [1.82, 2.24) is 4.98 Å². The van der Waals surface area contributed by atoms with Crippen molar-refractivity contribution >= 4 is 55.1 Å². The van der Waals surface area contributed by atoms with Gasteiger partial charge in [-0.15, -0.1) is 11.3 Å². The van der Waals surface area contributed by atoms with E-state index in [1.54, 1.807) is 13.0 Å². The van der Waals surface area contributed by atoms with E-state index < -0.39 is 6.29 Å². The third kappa shape index (κ3) is 2.32. The minimum atomic E-state index is -0.565. The first kappa shape index (κ1) is 13.1. The van der Waals surface area contributed by atoms with Crippen LogP contribution in [0.4, 0.5) is 0 Å². The Kier molecular flexibility index (Phi) is 3.41. The predicted molar refractivity (Wildman–Crippen MR) is 76.8 cm³/mol. The molecule has 2 heterocycles. The summed E-state index contributed by atoms with van der Waals surface area (Å²) < 4.78 is 12.6. The molecule has 1 atom stereocenters. The Morgan fingerprint density at radius 2 is 2.53 bits per heavy atom. The number of fused-ring (bicyclic) bond motifs is 3. The number of aromatic nitrogens is 1. The zero-order chi connectivity index (χ0) is 13.6. The summed E-state index contributed by atoms with van der Waals surface area (Å²) in [7, 11) is 0. The van der Waals surface area contributed by atoms with Gasteiger partial charge < -0.3 is 9.47 Å². The molecule has 1 unspecified atom stereocenters. The summed E-state index contributed by atoms with van der Waals surface area (Å²) in [5.41, 5.74) is 1.75. The van der Waals surface area contributed by atoms with E-state index in [4.69, 9.17) is 21.1 Å². The van der Waals surface area contributed by atoms with Crippen LogP contribution in [0.15, 0.2) is 9.98 Å². The maximum atomic E-state index is 11.3. The van der Waals surface area contributed by atoms with Crippen LogP contribution >= 0.6 is 38.9 Å². The third-order valence-corrected chi connectivity index (χ3v) is 4.69. The van der Waals surface area contributed by atoms with E-state index in [0.717, 1.165) is 19.7 Å². The van der Waals surface area contributed by atoms with Crippen LogP contribution in [0, 0.1) is 0 Å². The fourth-order valence-electron chi connectivity index (χ4n) is 1.99. The molecular formula is C12H9BrClNO3S. The summed E-state index contributed by atoms with van der Waals surface area (Å²) in [6, 6.07) is 1.73. The fourth-order valence-corrected chi connectivity index (χ4v) is 3.81. The first-order chi connectivity index (χ1) is 9.08. The molecular weight excluding hydrogens is 354 g/mol. The van der Waals surface area contributed by atoms with Gasteiger partial charge in [0.1, 0.15) is 11.3 Å². The Labute approximate surface area is 126 Å². The predicted octanol–water partition coefficient (Wildman–Crippen LogP) is 3.93. The number of esters is 1. The van der Waals surface area contributed by atoms with Gasteiger partial charge in [-0.1, -0.05) is 18.5 Å². The van der Waals surface area contributed by atoms with Gasteiger partial charge in [0.2, 0.25) is 6.29 Å². The first-order valence-corrected chi connectivity index (χ1v) is 7.70. The molecule has 0 N–H and O–H groups in total. The molecule has 0 radical (unpaired) electrons. The molecule has 3 rings (SSSR count). The molecule has 2 aromatic rings. The smallest absolute Gasteiger partial charge is 0.308 e. The Bertz CT molecular complexity index is 673. The highest BCUT2D eigenvalue weighted by molar-refractivity contribution is 9.11. The van der Waals surface area contributed by atoms with Gasteiger partial charge in [0, 0.05) is 18.1 Å². The molecule has 19 heavy (non-hydrogen) atoms. The second kappa shape index (κ2) is 4.92. The van der Waals surface area contributed by atoms with Gasteiger partial charge in [-0.25, -0.2) is 4.98 Å². The molecule has 1 aliphatic rings. The van der Waals surface area contributed by atoms with E-state index in [0.29, 0.717) is 23.6 Å². The van der Waals surface area contributed by atoms with Crippen LogP contribution in [0.25, 0.3) is 10.2 Å². The van der Waals surface area contributed by atoms with Gasteiger partial charge in [0.25, 0.3) is 0 Å². The Balaban J connectivity index is 1.98. The highest BCUT2D eigenvalue weighted by atomic mass is 79.9. The highest BCUT2D eigenvalue weighted by Gasteiger charge is 2.29. The number of ether oxygens (including phenoxy) is 2. The number of nitrogens with zero attached hydrogens (tertiary/aromatic N) is 1. The first-order valence-electron chi connectivity index (χ1n) is 5.72. The third-order valence-electron chi connectivity index (χ3n) is 2.84. The summed E-state index contributed by atoms with van der Waals surface area (Å²) in [6.45, 7) is 1.75. The van der Waals surface area contributed by atoms with Crippen LogP contribution in [0.5, 0.6) is 5.75 Å². The topological polar surface area (TPSA) is 48.4 Å². The number of hydrogen-bond acceptors (Lipinski definition) is 5. The summed E-state index contributed by atoms with van der Waals surface area (Å²) in [5, 5.41) is 0.540. The van der Waals surface area contributed by atoms with E-state index >= 15 is 0 Å². The molecule has 1 aromatic heterocycles. The maximum Gasteiger partial charge on any atom is 0.308 e. The molecule has 1 aliphatic heterocycles. The lowest BCUT2D eigenvalue weighted by Gasteiger charge is -2.10. The summed E-state index contributed by atoms with van der Waals surface area (Å²) in [6.07, 6.45) is 0.298. The quantitative estimate of drug-likeness (QED) is 0.760. The Morgan fingerprint density at radius 1 is 1.74 bits per heavy atom. The van der Waals surface area contributed by atoms with E-state index in [2.05, 4.69) is 20.9 Å². The van der Waals surface area contributed by atoms with Crippen molar-refractivity contribution in [3.63, 3.8) is 0 Å². The lowest BCUT2D eigenvalue weighted by atomic mass is 10.1. The van der Waals surface area contributed by atoms with Crippen molar-refractivity contribution in [3.05, 3.63) is 20.6 Å². The number of hydrogen-bond donors (Lipinski definition) is 0. The van der Waals surface area contributed by atoms with Crippen LogP contribution in [-0.2, 0) is 16.0 Å². The van der Waals surface area contributed by atoms with Crippen LogP contribution in [0.2, 0.25) is 5.02 Å². The van der Waals surface area contributed by atoms with Gasteiger partial charge in [0.15, 0.2) is 3.92 Å². The van der Waals surface area contributed by atoms with Gasteiger partial charge >= 0.3 is 5.97 Å². The zero-order valence-corrected chi connectivity index (χ0v) is 13.1. The van der Waals surface area contributed by atoms with Crippen molar-refractivity contribution in [1.29, 1.82) is 0 Å². The summed E-state index contributed by atoms with van der Waals surface area (Å²) >= 11 is 11.0. The standard InChI is InChI=1S/C12H9BrClNO3S/c1-2-8(16)18-9-3-5-7(17-9)4-6(14)10-11(5)19-12(13)15-10/h4,9H,2-3H2,1H3. The SMILES string of the molecule is CCC(=O)OC1Cc2c(cc(Cl)c3nc(Br)sc23)O1. The molecule has 4 nitrogen and oxygen atoms in total. The minimum absolute atomic E-state index is 0.273. The molecule has 0 saturated carbocycles. The van der Waals surface area contributed by atoms with Gasteiger partial charge in [0.05, 0.1) is 16.1 Å². The minimum Gasteiger partial charge on any atom is -0.454 e. The molecule has 0 fully saturated rings. The van der Waals surface area contributed by atoms with Gasteiger partial charge in [-0.05, 0) is 15.9 Å². The second-order valence-corrected chi connectivity index (χ2v) is 6.76. The van der Waals surface area contributed by atoms with E-state index in [1.807, 2.05) is 0 Å². The van der Waals surface area contributed by atoms with Crippen molar-refractivity contribution < 1.29 is 14.3 Å². The fraction of sp³-hybridized carbons (Fsp3) is 0.333. The number of carbonyl (C=O) groups is 1. The van der Waals surface area contributed by atoms with Gasteiger partial charge in [-0.3, -0.25) is 4.79 Å². The van der Waals surface area contributed by atoms with E-state index in [1.165, 1.54) is 11.3 Å². The van der Waals surface area contributed by atoms with Gasteiger partial charge in [-0.2, -0.15) is 0 Å². The maximum absolute atomic E-state index is 11.3. The van der Waals surface area contributed by atoms with Crippen molar-refractivity contribution in [3.8, 4) is 5.75 Å². The average Bonchev–Trinajstić information content (AvgIpc) is 2.92. The molecule has 100 valence electrons. The number of rotatable bonds is 2. The number of thiazole rings is 1. The molecule has 0 spiro atoms. The molecule has 0 saturated heterocycles. The zero-order valence-electron chi connectivity index (χ0n) is 9.91. The molecule has 0 bridgehead atoms. The van der Waals surface area contributed by atoms with Crippen LogP contribution in [0.1, 0.15) is 18.9 Å².